The van der Waals surface area contributed by atoms with E-state index >= 15 is 35.1 Å². The number of rotatable bonds is 20. The van der Waals surface area contributed by atoms with Crippen LogP contribution in [0.1, 0.15) is 153 Å². The second-order valence-corrected chi connectivity index (χ2v) is 41.6. The molecule has 4 aromatic carbocycles. The third kappa shape index (κ3) is 22.2. The van der Waals surface area contributed by atoms with Gasteiger partial charge in [-0.25, -0.2) is 37.4 Å². The molecule has 20 rings (SSSR count). The van der Waals surface area contributed by atoms with Crippen LogP contribution >= 0.6 is 31.3 Å². The van der Waals surface area contributed by atoms with Gasteiger partial charge in [0.15, 0.2) is 47.4 Å². The van der Waals surface area contributed by atoms with E-state index in [0.29, 0.717) is 65.6 Å². The Bertz CT molecular complexity index is 6750. The lowest BCUT2D eigenvalue weighted by molar-refractivity contribution is -0.139. The highest BCUT2D eigenvalue weighted by Gasteiger charge is 2.70. The summed E-state index contributed by atoms with van der Waals surface area (Å²) in [5.41, 5.74) is 0.668. The van der Waals surface area contributed by atoms with Gasteiger partial charge in [0, 0.05) is 70.5 Å². The van der Waals surface area contributed by atoms with Gasteiger partial charge in [-0.15, -0.1) is 0 Å². The minimum Gasteiger partial charge on any atom is -0.486 e. The van der Waals surface area contributed by atoms with Gasteiger partial charge in [0.05, 0.1) is 50.8 Å². The van der Waals surface area contributed by atoms with E-state index in [2.05, 4.69) is 58.8 Å². The molecule has 144 heavy (non-hydrogen) atoms. The number of ether oxygens (including phenoxy) is 8. The second-order valence-electron chi connectivity index (χ2n) is 35.3. The van der Waals surface area contributed by atoms with E-state index in [4.69, 9.17) is 92.2 Å². The summed E-state index contributed by atoms with van der Waals surface area (Å²) >= 11 is 0. The van der Waals surface area contributed by atoms with Crippen molar-refractivity contribution in [1.82, 2.24) is 38.2 Å². The van der Waals surface area contributed by atoms with Gasteiger partial charge >= 0.3 is 77.7 Å². The highest BCUT2D eigenvalue weighted by Crippen LogP contribution is 2.65. The number of phosphoric acid groups is 4. The van der Waals surface area contributed by atoms with E-state index in [0.717, 1.165) is 72.6 Å². The minimum atomic E-state index is -4.24. The highest BCUT2D eigenvalue weighted by molar-refractivity contribution is 7.49. The average molecular weight is 2110 g/mol. The third-order valence-electron chi connectivity index (χ3n) is 23.0. The molecule has 58 heteroatoms. The van der Waals surface area contributed by atoms with Crippen LogP contribution in [0.4, 0.5) is 69.8 Å². The first-order chi connectivity index (χ1) is 68.0. The van der Waals surface area contributed by atoms with Crippen LogP contribution in [0.3, 0.4) is 0 Å². The molecule has 18 atom stereocenters. The maximum absolute atomic E-state index is 15.2. The van der Waals surface area contributed by atoms with Gasteiger partial charge in [-0.05, 0) is 185 Å². The molecule has 10 unspecified atom stereocenters. The van der Waals surface area contributed by atoms with Crippen LogP contribution in [0.25, 0.3) is 0 Å². The zero-order valence-electron chi connectivity index (χ0n) is 77.5. The Balaban J connectivity index is 0.000000132. The molecular formula is C86H94F8N14O32P4. The fourth-order valence-corrected chi connectivity index (χ4v) is 22.9. The summed E-state index contributed by atoms with van der Waals surface area (Å²) in [4.78, 5) is 116. The number of benzene rings is 4. The molecule has 8 aromatic rings. The number of alkyl halides is 8. The fourth-order valence-electron chi connectivity index (χ4n) is 16.6. The van der Waals surface area contributed by atoms with Crippen LogP contribution in [0.15, 0.2) is 141 Å². The molecule has 0 radical (unpaired) electrons. The third-order valence-corrected chi connectivity index (χ3v) is 29.5. The lowest BCUT2D eigenvalue weighted by Gasteiger charge is -2.32. The standard InChI is InChI=1S/C23H27F2N4O7P.C22H25F2N4O7P.C21H22F2N3O9P.C20H20F2N3O9P/c1-12(2)35-37(32)33-11-17-19(36-37)23(24,25)21(34-17)29-9-8-18(28-22(29)31)27-20(30)15-7-6-14-5-4-13(3)26-16(14)10-15;1-11(2)34-36(31)32-10-16-18(35-36)22(23,24)20(33-16)28-7-6-17(27-21(28)30)26-19(29)14-5-4-13-8-12(3)25-15(13)9-14;1-11(2)34-36(29)32-10-15-17(35-36)21(22,23)19(33-15)26-6-5-16(25-20(26)28)24-18(27)12-3-4-13-14(9-12)31-8-7-30-13;1-10(2)33-35(28)31-8-14-16(34-35)20(21,22)18(32-14)25-6-5-15(24-19(25)27)23-17(26)11-3-4-12-13(7-11)30-9-29-12/h6-10,12-13,17,19,21,26H,4-5,11H2,1-3H3,(H,27,28,30,31);4-7,9,11-12,16,18,20,25H,8,10H2,1-3H3,(H,26,27,29,30);3-6,9,11,15,17,19H,7-8,10H2,1-2H3,(H,24,25,27,28);3-7,10,14,16,18H,8-9H2,1-2H3,(H,23,24,26,27)/t13?,17-,19-,21?,37?;12?,16-,18-,20?,36?;15-,17-,19?,36?;14-,16-,18?,35?/m1111/s1. The lowest BCUT2D eigenvalue weighted by Crippen LogP contribution is -2.45. The van der Waals surface area contributed by atoms with Crippen molar-refractivity contribution in [2.45, 2.75) is 222 Å². The van der Waals surface area contributed by atoms with Gasteiger partial charge < -0.3 is 69.8 Å². The maximum atomic E-state index is 15.2. The Hall–Kier alpha value is -11.2. The van der Waals surface area contributed by atoms with Crippen molar-refractivity contribution in [3.63, 3.8) is 0 Å². The Morgan fingerprint density at radius 2 is 0.660 bits per heavy atom. The maximum Gasteiger partial charge on any atom is 0.475 e. The average Bonchev–Trinajstić information content (AvgIpc) is 1.60. The summed E-state index contributed by atoms with van der Waals surface area (Å²) in [5.74, 6) is -16.1. The molecule has 16 heterocycles. The van der Waals surface area contributed by atoms with Crippen molar-refractivity contribution in [1.29, 1.82) is 0 Å². The summed E-state index contributed by atoms with van der Waals surface area (Å²) in [5, 5.41) is 16.5. The Morgan fingerprint density at radius 1 is 0.382 bits per heavy atom. The molecule has 12 aliphatic rings. The van der Waals surface area contributed by atoms with Crippen molar-refractivity contribution in [3.05, 3.63) is 197 Å². The number of carbonyl (C=O) groups excluding carboxylic acids is 4. The predicted molar refractivity (Wildman–Crippen MR) is 481 cm³/mol. The molecule has 0 aliphatic carbocycles. The van der Waals surface area contributed by atoms with Gasteiger partial charge in [-0.2, -0.15) is 55.1 Å². The molecule has 4 amide bonds. The number of nitrogens with zero attached hydrogens (tertiary/aromatic N) is 8. The monoisotopic (exact) mass is 2110 g/mol. The SMILES string of the molecule is CC(C)OP1(=O)OC[C@H]2OC(n3ccc(NC(=O)c4ccc5c(c4)OCCO5)nc3=O)C(F)(F)[C@@H]2O1.CC(C)OP1(=O)OC[C@H]2OC(n3ccc(NC(=O)c4ccc5c(c4)OCO5)nc3=O)C(F)(F)[C@@H]2O1.CC1CCc2ccc(C(=O)Nc3ccn(C4O[C@@H]5COP(=O)(OC(C)C)O[C@H]5C4(F)F)c(=O)n3)cc2N1.CC1Cc2ccc(C(=O)Nc3ccn(C4O[C@@H]5COP(=O)(OC(C)C)O[C@H]5C4(F)F)c(=O)n3)cc2N1. The van der Waals surface area contributed by atoms with E-state index in [-0.39, 0.29) is 53.3 Å². The van der Waals surface area contributed by atoms with Gasteiger partial charge in [-0.1, -0.05) is 12.1 Å². The number of aryl methyl sites for hydroxylation is 1. The number of nitrogens with one attached hydrogen (secondary N) is 6. The van der Waals surface area contributed by atoms with Crippen LogP contribution < -0.4 is 73.6 Å². The summed E-state index contributed by atoms with van der Waals surface area (Å²) in [6, 6.07) is 24.8. The molecule has 776 valence electrons. The number of fused-ring (bicyclic) bond motifs is 8. The molecule has 46 nitrogen and oxygen atoms in total. The molecule has 8 saturated heterocycles. The molecule has 12 aliphatic heterocycles. The smallest absolute Gasteiger partial charge is 0.475 e. The largest absolute Gasteiger partial charge is 0.486 e. The second kappa shape index (κ2) is 40.9. The van der Waals surface area contributed by atoms with E-state index < -0.39 is 226 Å². The number of hydrogen-bond acceptors (Lipinski definition) is 38. The van der Waals surface area contributed by atoms with E-state index in [1.807, 2.05) is 19.1 Å². The van der Waals surface area contributed by atoms with Gasteiger partial charge in [0.1, 0.15) is 60.9 Å². The van der Waals surface area contributed by atoms with E-state index in [9.17, 15) is 56.6 Å². The summed E-state index contributed by atoms with van der Waals surface area (Å²) in [6.45, 7) is 15.4. The zero-order valence-corrected chi connectivity index (χ0v) is 81.0. The molecule has 0 saturated carbocycles. The van der Waals surface area contributed by atoms with Crippen molar-refractivity contribution in [3.8, 4) is 23.0 Å². The van der Waals surface area contributed by atoms with Crippen molar-refractivity contribution in [2.75, 3.05) is 78.3 Å². The number of hydrogen-bond donors (Lipinski definition) is 6. The molecule has 0 bridgehead atoms. The molecular weight excluding hydrogens is 2020 g/mol. The first-order valence-electron chi connectivity index (χ1n) is 44.8. The van der Waals surface area contributed by atoms with Crippen LogP contribution in [0, 0.1) is 0 Å². The van der Waals surface area contributed by atoms with Crippen molar-refractivity contribution >= 4 is 89.6 Å². The molecule has 0 spiro atoms. The van der Waals surface area contributed by atoms with Gasteiger partial charge in [-0.3, -0.25) is 91.7 Å². The van der Waals surface area contributed by atoms with Crippen LogP contribution in [-0.4, -0.2) is 217 Å². The number of phosphoric ester groups is 4. The lowest BCUT2D eigenvalue weighted by atomic mass is 9.97. The number of amides is 4. The quantitative estimate of drug-likeness (QED) is 0.0305. The summed E-state index contributed by atoms with van der Waals surface area (Å²) in [6.07, 6.45) is -17.0. The topological polar surface area (TPSA) is 533 Å². The normalized spacial score (nSPS) is 29.5. The number of anilines is 6. The Labute approximate surface area is 810 Å². The number of aromatic nitrogens is 8. The molecule has 8 fully saturated rings. The number of carbonyl (C=O) groups is 4. The number of halogens is 8. The van der Waals surface area contributed by atoms with Crippen LogP contribution in [0.5, 0.6) is 23.0 Å². The van der Waals surface area contributed by atoms with Crippen LogP contribution in [0.2, 0.25) is 0 Å². The van der Waals surface area contributed by atoms with Gasteiger partial charge in [0.2, 0.25) is 31.7 Å². The summed E-state index contributed by atoms with van der Waals surface area (Å²) < 4.78 is 277. The van der Waals surface area contributed by atoms with Gasteiger partial charge in [0.25, 0.3) is 23.6 Å². The van der Waals surface area contributed by atoms with Crippen LogP contribution in [-0.2, 0) is 104 Å². The van der Waals surface area contributed by atoms with Crippen molar-refractivity contribution in [2.24, 2.45) is 0 Å². The summed E-state index contributed by atoms with van der Waals surface area (Å²) in [7, 11) is -16.9. The van der Waals surface area contributed by atoms with E-state index in [1.54, 1.807) is 91.8 Å². The van der Waals surface area contributed by atoms with E-state index in [1.165, 1.54) is 42.5 Å². The van der Waals surface area contributed by atoms with Crippen molar-refractivity contribution < 1.29 is 165 Å². The Kier molecular flexibility index (Phi) is 29.6. The fraction of sp³-hybridized carbons (Fsp3) is 0.488. The minimum absolute atomic E-state index is 0.0369. The Morgan fingerprint density at radius 3 is 0.986 bits per heavy atom. The molecule has 6 N–H and O–H groups in total. The zero-order chi connectivity index (χ0) is 103. The predicted octanol–water partition coefficient (Wildman–Crippen LogP) is 12.5. The highest BCUT2D eigenvalue weighted by atomic mass is 31.2. The first-order valence-corrected chi connectivity index (χ1v) is 50.6. The molecule has 4 aromatic heterocycles. The first kappa shape index (κ1) is 104.